The first-order chi connectivity index (χ1) is 10.3. The van der Waals surface area contributed by atoms with Gasteiger partial charge in [0.2, 0.25) is 0 Å². The lowest BCUT2D eigenvalue weighted by atomic mass is 9.39. The van der Waals surface area contributed by atoms with Gasteiger partial charge in [-0.15, -0.1) is 0 Å². The minimum absolute atomic E-state index is 0.332. The number of allylic oxidation sites excluding steroid dienone is 2. The van der Waals surface area contributed by atoms with E-state index in [1.807, 2.05) is 0 Å². The van der Waals surface area contributed by atoms with Crippen LogP contribution in [-0.2, 0) is 4.79 Å². The summed E-state index contributed by atoms with van der Waals surface area (Å²) >= 11 is 0. The van der Waals surface area contributed by atoms with E-state index in [4.69, 9.17) is 0 Å². The van der Waals surface area contributed by atoms with Gasteiger partial charge in [0.05, 0.1) is 0 Å². The molecule has 0 bridgehead atoms. The van der Waals surface area contributed by atoms with Gasteiger partial charge < -0.3 is 4.79 Å². The summed E-state index contributed by atoms with van der Waals surface area (Å²) in [7, 11) is 0. The van der Waals surface area contributed by atoms with Gasteiger partial charge in [0.1, 0.15) is 6.29 Å². The van der Waals surface area contributed by atoms with Crippen LogP contribution in [0.15, 0.2) is 11.6 Å². The van der Waals surface area contributed by atoms with E-state index in [2.05, 4.69) is 40.7 Å². The van der Waals surface area contributed by atoms with Gasteiger partial charge in [-0.05, 0) is 73.0 Å². The molecule has 0 spiro atoms. The van der Waals surface area contributed by atoms with Crippen molar-refractivity contribution >= 4 is 6.29 Å². The molecule has 0 aromatic carbocycles. The molecule has 0 aliphatic heterocycles. The molecule has 1 nitrogen and oxygen atoms in total. The molecule has 0 saturated heterocycles. The third-order valence-electron chi connectivity index (χ3n) is 8.19. The maximum atomic E-state index is 11.3. The van der Waals surface area contributed by atoms with Gasteiger partial charge in [0, 0.05) is 6.42 Å². The quantitative estimate of drug-likeness (QED) is 0.466. The zero-order valence-electron chi connectivity index (χ0n) is 15.2. The highest BCUT2D eigenvalue weighted by Gasteiger charge is 2.60. The minimum atomic E-state index is 0.332. The Labute approximate surface area is 136 Å². The molecule has 3 aliphatic carbocycles. The van der Waals surface area contributed by atoms with Crippen LogP contribution >= 0.6 is 0 Å². The highest BCUT2D eigenvalue weighted by Crippen LogP contribution is 2.68. The second-order valence-electron chi connectivity index (χ2n) is 9.64. The number of fused-ring (bicyclic) bond motifs is 3. The normalized spacial score (nSPS) is 47.1. The first-order valence-corrected chi connectivity index (χ1v) is 9.36. The van der Waals surface area contributed by atoms with Gasteiger partial charge in [-0.3, -0.25) is 0 Å². The van der Waals surface area contributed by atoms with Gasteiger partial charge in [-0.25, -0.2) is 0 Å². The first-order valence-electron chi connectivity index (χ1n) is 9.36. The van der Waals surface area contributed by atoms with Crippen LogP contribution in [0.1, 0.15) is 79.6 Å². The smallest absolute Gasteiger partial charge is 0.120 e. The van der Waals surface area contributed by atoms with Crippen LogP contribution in [0.4, 0.5) is 0 Å². The van der Waals surface area contributed by atoms with Crippen LogP contribution in [0.25, 0.3) is 0 Å². The van der Waals surface area contributed by atoms with E-state index < -0.39 is 0 Å². The fraction of sp³-hybridized carbons (Fsp3) is 0.857. The fourth-order valence-electron chi connectivity index (χ4n) is 7.16. The van der Waals surface area contributed by atoms with E-state index >= 15 is 0 Å². The van der Waals surface area contributed by atoms with Crippen LogP contribution in [0.5, 0.6) is 0 Å². The monoisotopic (exact) mass is 302 g/mol. The van der Waals surface area contributed by atoms with Crippen LogP contribution in [0.3, 0.4) is 0 Å². The van der Waals surface area contributed by atoms with Crippen molar-refractivity contribution < 1.29 is 4.79 Å². The van der Waals surface area contributed by atoms with Crippen molar-refractivity contribution in [1.29, 1.82) is 0 Å². The Morgan fingerprint density at radius 1 is 1.09 bits per heavy atom. The Kier molecular flexibility index (Phi) is 3.86. The zero-order chi connectivity index (χ0) is 16.2. The Balaban J connectivity index is 2.02. The van der Waals surface area contributed by atoms with Gasteiger partial charge in [-0.1, -0.05) is 45.8 Å². The van der Waals surface area contributed by atoms with Crippen LogP contribution in [-0.4, -0.2) is 6.29 Å². The van der Waals surface area contributed by atoms with Crippen molar-refractivity contribution in [3.8, 4) is 0 Å². The Bertz CT molecular complexity index is 488. The summed E-state index contributed by atoms with van der Waals surface area (Å²) in [6.45, 7) is 12.4. The van der Waals surface area contributed by atoms with E-state index in [0.29, 0.717) is 22.2 Å². The molecule has 0 aromatic heterocycles. The summed E-state index contributed by atoms with van der Waals surface area (Å²) in [5.74, 6) is 2.09. The predicted molar refractivity (Wildman–Crippen MR) is 92.6 cm³/mol. The number of carbonyl (C=O) groups excluding carboxylic acids is 1. The maximum absolute atomic E-state index is 11.3. The minimum Gasteiger partial charge on any atom is -0.303 e. The fourth-order valence-corrected chi connectivity index (χ4v) is 7.16. The molecule has 124 valence electrons. The molecule has 0 unspecified atom stereocenters. The average Bonchev–Trinajstić information content (AvgIpc) is 2.41. The van der Waals surface area contributed by atoms with Crippen LogP contribution in [0.2, 0.25) is 0 Å². The van der Waals surface area contributed by atoms with Crippen molar-refractivity contribution in [2.75, 3.05) is 0 Å². The molecular formula is C21H34O. The zero-order valence-corrected chi connectivity index (χ0v) is 15.2. The summed E-state index contributed by atoms with van der Waals surface area (Å²) in [4.78, 5) is 11.3. The molecule has 0 amide bonds. The summed E-state index contributed by atoms with van der Waals surface area (Å²) in [6, 6.07) is 0. The summed E-state index contributed by atoms with van der Waals surface area (Å²) in [6.07, 6.45) is 12.4. The van der Waals surface area contributed by atoms with Gasteiger partial charge in [-0.2, -0.15) is 0 Å². The summed E-state index contributed by atoms with van der Waals surface area (Å²) in [5.41, 5.74) is 2.76. The van der Waals surface area contributed by atoms with E-state index in [9.17, 15) is 4.79 Å². The Morgan fingerprint density at radius 2 is 1.82 bits per heavy atom. The van der Waals surface area contributed by atoms with E-state index in [0.717, 1.165) is 24.5 Å². The number of hydrogen-bond acceptors (Lipinski definition) is 1. The van der Waals surface area contributed by atoms with Gasteiger partial charge in [0.15, 0.2) is 0 Å². The summed E-state index contributed by atoms with van der Waals surface area (Å²) in [5, 5.41) is 0. The standard InChI is InChI=1S/C21H34O/c1-15-7-8-18-20(4,16(15)10-14-22)13-9-17-19(2,3)11-6-12-21(17,18)5/h7,14,16-18H,6,8-13H2,1-5H3/t16-,17+,18+,20+,21+/m1/s1. The van der Waals surface area contributed by atoms with Crippen molar-refractivity contribution in [3.63, 3.8) is 0 Å². The van der Waals surface area contributed by atoms with Crippen molar-refractivity contribution in [2.24, 2.45) is 34.0 Å². The Hall–Kier alpha value is -0.590. The summed E-state index contributed by atoms with van der Waals surface area (Å²) < 4.78 is 0. The molecule has 3 rings (SSSR count). The highest BCUT2D eigenvalue weighted by molar-refractivity contribution is 5.51. The van der Waals surface area contributed by atoms with E-state index in [1.54, 1.807) is 0 Å². The molecule has 22 heavy (non-hydrogen) atoms. The van der Waals surface area contributed by atoms with Crippen molar-refractivity contribution in [1.82, 2.24) is 0 Å². The molecule has 1 heteroatoms. The third-order valence-corrected chi connectivity index (χ3v) is 8.19. The number of hydrogen-bond donors (Lipinski definition) is 0. The van der Waals surface area contributed by atoms with Crippen LogP contribution in [0, 0.1) is 34.0 Å². The second kappa shape index (κ2) is 5.21. The lowest BCUT2D eigenvalue weighted by Gasteiger charge is -2.65. The van der Waals surface area contributed by atoms with Gasteiger partial charge in [0.25, 0.3) is 0 Å². The molecule has 5 atom stereocenters. The van der Waals surface area contributed by atoms with Gasteiger partial charge >= 0.3 is 0 Å². The largest absolute Gasteiger partial charge is 0.303 e. The maximum Gasteiger partial charge on any atom is 0.120 e. The SMILES string of the molecule is CC1=CC[C@H]2[C@@](C)(CC[C@H]3C(C)(C)CCC[C@]23C)[C@@H]1CC=O. The number of aldehydes is 1. The van der Waals surface area contributed by atoms with Crippen molar-refractivity contribution in [2.45, 2.75) is 79.6 Å². The molecule has 2 saturated carbocycles. The van der Waals surface area contributed by atoms with Crippen molar-refractivity contribution in [3.05, 3.63) is 11.6 Å². The highest BCUT2D eigenvalue weighted by atomic mass is 16.1. The first kappa shape index (κ1) is 16.3. The predicted octanol–water partition coefficient (Wildman–Crippen LogP) is 5.79. The molecule has 0 radical (unpaired) electrons. The third kappa shape index (κ3) is 2.14. The average molecular weight is 303 g/mol. The second-order valence-corrected chi connectivity index (χ2v) is 9.64. The topological polar surface area (TPSA) is 17.1 Å². The molecule has 0 aromatic rings. The Morgan fingerprint density at radius 3 is 2.50 bits per heavy atom. The van der Waals surface area contributed by atoms with E-state index in [1.165, 1.54) is 44.1 Å². The van der Waals surface area contributed by atoms with E-state index in [-0.39, 0.29) is 0 Å². The molecule has 0 heterocycles. The van der Waals surface area contributed by atoms with Crippen LogP contribution < -0.4 is 0 Å². The lowest BCUT2D eigenvalue weighted by molar-refractivity contribution is -0.147. The molecule has 2 fully saturated rings. The lowest BCUT2D eigenvalue weighted by Crippen LogP contribution is -2.57. The number of rotatable bonds is 2. The number of carbonyl (C=O) groups is 1. The molecule has 3 aliphatic rings. The molecular weight excluding hydrogens is 268 g/mol. The molecule has 0 N–H and O–H groups in total.